The van der Waals surface area contributed by atoms with E-state index in [4.69, 9.17) is 0 Å². The quantitative estimate of drug-likeness (QED) is 0.564. The highest BCUT2D eigenvalue weighted by Gasteiger charge is 2.24. The molecule has 1 aliphatic rings. The Labute approximate surface area is 190 Å². The van der Waals surface area contributed by atoms with Crippen LogP contribution in [0.4, 0.5) is 5.69 Å². The topological polar surface area (TPSA) is 78.1 Å². The fourth-order valence-corrected chi connectivity index (χ4v) is 5.74. The number of aromatic amines is 1. The fourth-order valence-electron chi connectivity index (χ4n) is 3.91. The number of thiophene rings is 1. The summed E-state index contributed by atoms with van der Waals surface area (Å²) < 4.78 is 0. The lowest BCUT2D eigenvalue weighted by atomic mass is 10.1. The number of aryl methyl sites for hydroxylation is 2. The molecule has 8 heteroatoms. The van der Waals surface area contributed by atoms with Gasteiger partial charge in [0.05, 0.1) is 16.4 Å². The normalized spacial score (nSPS) is 17.3. The minimum absolute atomic E-state index is 0.0365. The van der Waals surface area contributed by atoms with Crippen LogP contribution in [0.5, 0.6) is 0 Å². The zero-order chi connectivity index (χ0) is 22.0. The molecule has 0 aliphatic carbocycles. The molecular weight excluding hydrogens is 428 g/mol. The summed E-state index contributed by atoms with van der Waals surface area (Å²) in [5.41, 5.74) is 2.15. The third-order valence-electron chi connectivity index (χ3n) is 5.90. The van der Waals surface area contributed by atoms with E-state index in [1.165, 1.54) is 17.4 Å². The number of fused-ring (bicyclic) bond motifs is 1. The molecule has 31 heavy (non-hydrogen) atoms. The molecule has 6 nitrogen and oxygen atoms in total. The Morgan fingerprint density at radius 2 is 2.13 bits per heavy atom. The highest BCUT2D eigenvalue weighted by Crippen LogP contribution is 2.27. The van der Waals surface area contributed by atoms with Gasteiger partial charge in [-0.1, -0.05) is 18.2 Å². The van der Waals surface area contributed by atoms with E-state index in [9.17, 15) is 9.59 Å². The summed E-state index contributed by atoms with van der Waals surface area (Å²) >= 11 is 3.04. The van der Waals surface area contributed by atoms with Gasteiger partial charge in [-0.15, -0.1) is 23.1 Å². The Hall–Kier alpha value is -2.32. The number of H-pyrrole nitrogens is 1. The molecule has 1 aromatic carbocycles. The first-order valence-corrected chi connectivity index (χ1v) is 12.5. The van der Waals surface area contributed by atoms with Gasteiger partial charge < -0.3 is 15.2 Å². The van der Waals surface area contributed by atoms with Gasteiger partial charge >= 0.3 is 0 Å². The van der Waals surface area contributed by atoms with Crippen molar-refractivity contribution in [2.45, 2.75) is 38.2 Å². The maximum Gasteiger partial charge on any atom is 0.259 e. The molecule has 4 rings (SSSR count). The van der Waals surface area contributed by atoms with Gasteiger partial charge in [-0.2, -0.15) is 0 Å². The Morgan fingerprint density at radius 1 is 1.35 bits per heavy atom. The van der Waals surface area contributed by atoms with E-state index >= 15 is 0 Å². The van der Waals surface area contributed by atoms with E-state index in [2.05, 4.69) is 44.5 Å². The minimum Gasteiger partial charge on any atom is -0.371 e. The van der Waals surface area contributed by atoms with Gasteiger partial charge in [0.15, 0.2) is 0 Å². The van der Waals surface area contributed by atoms with Crippen LogP contribution in [0.2, 0.25) is 0 Å². The number of benzene rings is 1. The summed E-state index contributed by atoms with van der Waals surface area (Å²) in [6, 6.07) is 10.4. The van der Waals surface area contributed by atoms with Crippen molar-refractivity contribution in [3.05, 3.63) is 57.0 Å². The van der Waals surface area contributed by atoms with E-state index in [0.717, 1.165) is 34.8 Å². The Kier molecular flexibility index (Phi) is 6.67. The average Bonchev–Trinajstić information content (AvgIpc) is 3.35. The van der Waals surface area contributed by atoms with Crippen LogP contribution in [0.1, 0.15) is 29.6 Å². The van der Waals surface area contributed by atoms with Crippen molar-refractivity contribution >= 4 is 44.9 Å². The molecule has 0 radical (unpaired) electrons. The van der Waals surface area contributed by atoms with Gasteiger partial charge in [0.25, 0.3) is 5.56 Å². The Balaban J connectivity index is 1.27. The lowest BCUT2D eigenvalue weighted by Gasteiger charge is -2.19. The molecule has 1 amide bonds. The van der Waals surface area contributed by atoms with E-state index in [1.807, 2.05) is 26.8 Å². The SMILES string of the molecule is Cc1sc2nc(CSC(C)C(=O)NCC3CCN(c4ccccc4)C3)[nH]c(=O)c2c1C. The Morgan fingerprint density at radius 3 is 2.90 bits per heavy atom. The van der Waals surface area contributed by atoms with Crippen molar-refractivity contribution in [1.29, 1.82) is 0 Å². The smallest absolute Gasteiger partial charge is 0.259 e. The zero-order valence-electron chi connectivity index (χ0n) is 18.1. The number of nitrogens with zero attached hydrogens (tertiary/aromatic N) is 2. The van der Waals surface area contributed by atoms with Crippen molar-refractivity contribution in [3.63, 3.8) is 0 Å². The van der Waals surface area contributed by atoms with Crippen LogP contribution in [-0.2, 0) is 10.5 Å². The van der Waals surface area contributed by atoms with E-state index < -0.39 is 0 Å². The number of thioether (sulfide) groups is 1. The number of nitrogens with one attached hydrogen (secondary N) is 2. The first kappa shape index (κ1) is 21.9. The summed E-state index contributed by atoms with van der Waals surface area (Å²) in [6.07, 6.45) is 1.08. The van der Waals surface area contributed by atoms with E-state index in [0.29, 0.717) is 29.4 Å². The predicted octanol–water partition coefficient (Wildman–Crippen LogP) is 3.87. The highest BCUT2D eigenvalue weighted by molar-refractivity contribution is 7.99. The number of aromatic nitrogens is 2. The average molecular weight is 457 g/mol. The molecule has 0 spiro atoms. The number of para-hydroxylation sites is 1. The number of carbonyl (C=O) groups is 1. The maximum atomic E-state index is 12.6. The van der Waals surface area contributed by atoms with Crippen molar-refractivity contribution in [1.82, 2.24) is 15.3 Å². The summed E-state index contributed by atoms with van der Waals surface area (Å²) in [4.78, 5) is 36.7. The fraction of sp³-hybridized carbons (Fsp3) is 0.435. The predicted molar refractivity (Wildman–Crippen MR) is 130 cm³/mol. The van der Waals surface area contributed by atoms with Crippen molar-refractivity contribution in [3.8, 4) is 0 Å². The number of amides is 1. The number of hydrogen-bond acceptors (Lipinski definition) is 6. The maximum absolute atomic E-state index is 12.6. The number of anilines is 1. The summed E-state index contributed by atoms with van der Waals surface area (Å²) in [7, 11) is 0. The second-order valence-corrected chi connectivity index (χ2v) is 10.6. The molecule has 164 valence electrons. The van der Waals surface area contributed by atoms with Gasteiger partial charge in [0.1, 0.15) is 10.7 Å². The summed E-state index contributed by atoms with van der Waals surface area (Å²) in [5.74, 6) is 1.63. The molecule has 1 aliphatic heterocycles. The van der Waals surface area contributed by atoms with Crippen LogP contribution in [-0.4, -0.2) is 40.8 Å². The molecule has 3 aromatic rings. The van der Waals surface area contributed by atoms with Crippen LogP contribution in [0.25, 0.3) is 10.2 Å². The van der Waals surface area contributed by atoms with Gasteiger partial charge in [0.2, 0.25) is 5.91 Å². The van der Waals surface area contributed by atoms with Crippen molar-refractivity contribution in [2.24, 2.45) is 5.92 Å². The summed E-state index contributed by atoms with van der Waals surface area (Å²) in [6.45, 7) is 8.55. The lowest BCUT2D eigenvalue weighted by Crippen LogP contribution is -2.35. The first-order chi connectivity index (χ1) is 14.9. The molecule has 1 fully saturated rings. The molecule has 2 atom stereocenters. The third-order valence-corrected chi connectivity index (χ3v) is 8.15. The largest absolute Gasteiger partial charge is 0.371 e. The van der Waals surface area contributed by atoms with Crippen molar-refractivity contribution < 1.29 is 4.79 Å². The molecule has 0 bridgehead atoms. The minimum atomic E-state index is -0.209. The van der Waals surface area contributed by atoms with Gasteiger partial charge in [-0.05, 0) is 50.8 Å². The lowest BCUT2D eigenvalue weighted by molar-refractivity contribution is -0.120. The third kappa shape index (κ3) is 4.96. The monoisotopic (exact) mass is 456 g/mol. The number of hydrogen-bond donors (Lipinski definition) is 2. The second kappa shape index (κ2) is 9.44. The first-order valence-electron chi connectivity index (χ1n) is 10.6. The molecule has 2 unspecified atom stereocenters. The van der Waals surface area contributed by atoms with Gasteiger partial charge in [0, 0.05) is 30.2 Å². The van der Waals surface area contributed by atoms with Crippen LogP contribution in [0.15, 0.2) is 35.1 Å². The Bertz CT molecular complexity index is 1130. The van der Waals surface area contributed by atoms with Crippen LogP contribution < -0.4 is 15.8 Å². The standard InChI is InChI=1S/C23H28N4O2S2/c1-14-15(2)31-23-20(14)22(29)25-19(26-23)13-30-16(3)21(28)24-11-17-9-10-27(12-17)18-7-5-4-6-8-18/h4-8,16-17H,9-13H2,1-3H3,(H,24,28)(H,25,26,29). The number of rotatable bonds is 7. The zero-order valence-corrected chi connectivity index (χ0v) is 19.7. The summed E-state index contributed by atoms with van der Waals surface area (Å²) in [5, 5.41) is 3.58. The molecular formula is C23H28N4O2S2. The molecule has 1 saturated heterocycles. The van der Waals surface area contributed by atoms with Crippen LogP contribution >= 0.6 is 23.1 Å². The van der Waals surface area contributed by atoms with Gasteiger partial charge in [-0.25, -0.2) is 4.98 Å². The highest BCUT2D eigenvalue weighted by atomic mass is 32.2. The van der Waals surface area contributed by atoms with E-state index in [-0.39, 0.29) is 16.7 Å². The van der Waals surface area contributed by atoms with Crippen LogP contribution in [0.3, 0.4) is 0 Å². The van der Waals surface area contributed by atoms with Crippen molar-refractivity contribution in [2.75, 3.05) is 24.5 Å². The van der Waals surface area contributed by atoms with Crippen LogP contribution in [0, 0.1) is 19.8 Å². The molecule has 2 aromatic heterocycles. The molecule has 2 N–H and O–H groups in total. The van der Waals surface area contributed by atoms with Gasteiger partial charge in [-0.3, -0.25) is 9.59 Å². The number of carbonyl (C=O) groups excluding carboxylic acids is 1. The second-order valence-electron chi connectivity index (χ2n) is 8.11. The molecule has 0 saturated carbocycles. The van der Waals surface area contributed by atoms with E-state index in [1.54, 1.807) is 11.3 Å². The molecule has 3 heterocycles.